The van der Waals surface area contributed by atoms with Crippen LogP contribution in [0.5, 0.6) is 11.8 Å². The molecule has 126 valence electrons. The van der Waals surface area contributed by atoms with E-state index < -0.39 is 0 Å². The predicted molar refractivity (Wildman–Crippen MR) is 84.4 cm³/mol. The van der Waals surface area contributed by atoms with E-state index in [4.69, 9.17) is 9.47 Å². The van der Waals surface area contributed by atoms with Gasteiger partial charge in [-0.15, -0.1) is 0 Å². The minimum absolute atomic E-state index is 0.0262. The van der Waals surface area contributed by atoms with Crippen molar-refractivity contribution < 1.29 is 14.3 Å². The second-order valence-corrected chi connectivity index (χ2v) is 6.31. The average Bonchev–Trinajstić information content (AvgIpc) is 3.03. The molecule has 0 saturated carbocycles. The largest absolute Gasteiger partial charge is 0.480 e. The van der Waals surface area contributed by atoms with Crippen LogP contribution in [0, 0.1) is 5.92 Å². The Kier molecular flexibility index (Phi) is 4.95. The monoisotopic (exact) mass is 320 g/mol. The maximum atomic E-state index is 12.6. The molecule has 0 N–H and O–H groups in total. The molecule has 2 aliphatic heterocycles. The third-order valence-corrected chi connectivity index (χ3v) is 4.52. The molecule has 1 amide bonds. The number of hydrogen-bond donors (Lipinski definition) is 0. The van der Waals surface area contributed by atoms with Crippen molar-refractivity contribution in [3.8, 4) is 11.8 Å². The van der Waals surface area contributed by atoms with Crippen LogP contribution >= 0.6 is 0 Å². The lowest BCUT2D eigenvalue weighted by Gasteiger charge is -2.31. The zero-order chi connectivity index (χ0) is 16.2. The van der Waals surface area contributed by atoms with E-state index in [1.165, 1.54) is 6.20 Å². The SMILES string of the molecule is COc1cncc(OC2CCN(C(=O)C3CCCN(C)C3)C2)n1. The number of amides is 1. The van der Waals surface area contributed by atoms with Gasteiger partial charge in [0.1, 0.15) is 6.10 Å². The van der Waals surface area contributed by atoms with Crippen LogP contribution in [0.2, 0.25) is 0 Å². The summed E-state index contributed by atoms with van der Waals surface area (Å²) in [5.41, 5.74) is 0. The quantitative estimate of drug-likeness (QED) is 0.818. The Morgan fingerprint density at radius 2 is 2.04 bits per heavy atom. The fourth-order valence-electron chi connectivity index (χ4n) is 3.31. The summed E-state index contributed by atoms with van der Waals surface area (Å²) >= 11 is 0. The second-order valence-electron chi connectivity index (χ2n) is 6.31. The summed E-state index contributed by atoms with van der Waals surface area (Å²) in [4.78, 5) is 25.1. The Labute approximate surface area is 136 Å². The number of ether oxygens (including phenoxy) is 2. The van der Waals surface area contributed by atoms with Crippen molar-refractivity contribution >= 4 is 5.91 Å². The molecular formula is C16H24N4O3. The summed E-state index contributed by atoms with van der Waals surface area (Å²) < 4.78 is 10.9. The van der Waals surface area contributed by atoms with E-state index in [0.29, 0.717) is 18.3 Å². The van der Waals surface area contributed by atoms with Gasteiger partial charge in [0.05, 0.1) is 32.0 Å². The number of likely N-dealkylation sites (tertiary alicyclic amines) is 2. The minimum atomic E-state index is -0.0262. The van der Waals surface area contributed by atoms with Gasteiger partial charge in [0.25, 0.3) is 0 Å². The van der Waals surface area contributed by atoms with Crippen LogP contribution in [0.1, 0.15) is 19.3 Å². The van der Waals surface area contributed by atoms with Crippen LogP contribution in [-0.4, -0.2) is 72.1 Å². The molecule has 0 bridgehead atoms. The number of carbonyl (C=O) groups excluding carboxylic acids is 1. The van der Waals surface area contributed by atoms with Crippen molar-refractivity contribution in [2.24, 2.45) is 5.92 Å². The Morgan fingerprint density at radius 1 is 1.22 bits per heavy atom. The van der Waals surface area contributed by atoms with E-state index in [9.17, 15) is 4.79 Å². The molecule has 0 spiro atoms. The van der Waals surface area contributed by atoms with Gasteiger partial charge < -0.3 is 19.3 Å². The maximum Gasteiger partial charge on any atom is 0.235 e. The second kappa shape index (κ2) is 7.12. The van der Waals surface area contributed by atoms with Gasteiger partial charge in [-0.25, -0.2) is 0 Å². The van der Waals surface area contributed by atoms with Gasteiger partial charge >= 0.3 is 0 Å². The first-order chi connectivity index (χ1) is 11.2. The highest BCUT2D eigenvalue weighted by molar-refractivity contribution is 5.79. The number of piperidine rings is 1. The Bertz CT molecular complexity index is 554. The van der Waals surface area contributed by atoms with Gasteiger partial charge in [0.15, 0.2) is 0 Å². The maximum absolute atomic E-state index is 12.6. The third kappa shape index (κ3) is 3.90. The van der Waals surface area contributed by atoms with E-state index in [-0.39, 0.29) is 17.9 Å². The number of methoxy groups -OCH3 is 1. The zero-order valence-electron chi connectivity index (χ0n) is 13.8. The van der Waals surface area contributed by atoms with Crippen molar-refractivity contribution in [2.75, 3.05) is 40.3 Å². The fourth-order valence-corrected chi connectivity index (χ4v) is 3.31. The van der Waals surface area contributed by atoms with Crippen LogP contribution in [0.25, 0.3) is 0 Å². The number of nitrogens with zero attached hydrogens (tertiary/aromatic N) is 4. The fraction of sp³-hybridized carbons (Fsp3) is 0.688. The molecule has 23 heavy (non-hydrogen) atoms. The molecule has 2 fully saturated rings. The number of hydrogen-bond acceptors (Lipinski definition) is 6. The van der Waals surface area contributed by atoms with Crippen molar-refractivity contribution in [2.45, 2.75) is 25.4 Å². The first-order valence-electron chi connectivity index (χ1n) is 8.15. The first kappa shape index (κ1) is 16.0. The third-order valence-electron chi connectivity index (χ3n) is 4.52. The van der Waals surface area contributed by atoms with Gasteiger partial charge in [-0.3, -0.25) is 9.78 Å². The number of carbonyl (C=O) groups is 1. The van der Waals surface area contributed by atoms with Crippen LogP contribution in [0.15, 0.2) is 12.4 Å². The summed E-state index contributed by atoms with van der Waals surface area (Å²) in [6, 6.07) is 0. The molecule has 3 rings (SSSR count). The van der Waals surface area contributed by atoms with Gasteiger partial charge in [-0.05, 0) is 26.4 Å². The summed E-state index contributed by atoms with van der Waals surface area (Å²) in [6.07, 6.45) is 6.00. The average molecular weight is 320 g/mol. The van der Waals surface area contributed by atoms with Crippen molar-refractivity contribution in [3.05, 3.63) is 12.4 Å². The molecule has 2 atom stereocenters. The Balaban J connectivity index is 1.54. The molecule has 0 radical (unpaired) electrons. The standard InChI is InChI=1S/C16H24N4O3/c1-19-6-3-4-12(10-19)16(21)20-7-5-13(11-20)23-15-9-17-8-14(18-15)22-2/h8-9,12-13H,3-7,10-11H2,1-2H3. The van der Waals surface area contributed by atoms with Gasteiger partial charge in [0.2, 0.25) is 17.7 Å². The normalized spacial score (nSPS) is 25.4. The molecule has 0 aromatic carbocycles. The van der Waals surface area contributed by atoms with Crippen LogP contribution in [0.4, 0.5) is 0 Å². The molecule has 1 aromatic heterocycles. The summed E-state index contributed by atoms with van der Waals surface area (Å²) in [6.45, 7) is 3.32. The van der Waals surface area contributed by atoms with Crippen LogP contribution in [0.3, 0.4) is 0 Å². The van der Waals surface area contributed by atoms with Crippen molar-refractivity contribution in [1.29, 1.82) is 0 Å². The molecule has 0 aliphatic carbocycles. The van der Waals surface area contributed by atoms with Crippen molar-refractivity contribution in [1.82, 2.24) is 19.8 Å². The Morgan fingerprint density at radius 3 is 2.83 bits per heavy atom. The van der Waals surface area contributed by atoms with Gasteiger partial charge in [-0.1, -0.05) is 0 Å². The lowest BCUT2D eigenvalue weighted by Crippen LogP contribution is -2.43. The number of aromatic nitrogens is 2. The molecule has 2 saturated heterocycles. The molecule has 3 heterocycles. The number of rotatable bonds is 4. The first-order valence-corrected chi connectivity index (χ1v) is 8.15. The predicted octanol–water partition coefficient (Wildman–Crippen LogP) is 0.807. The van der Waals surface area contributed by atoms with E-state index in [2.05, 4.69) is 21.9 Å². The van der Waals surface area contributed by atoms with E-state index in [1.807, 2.05) is 4.90 Å². The lowest BCUT2D eigenvalue weighted by atomic mass is 9.97. The van der Waals surface area contributed by atoms with Crippen molar-refractivity contribution in [3.63, 3.8) is 0 Å². The highest BCUT2D eigenvalue weighted by Crippen LogP contribution is 2.22. The van der Waals surface area contributed by atoms with Gasteiger partial charge in [-0.2, -0.15) is 4.98 Å². The van der Waals surface area contributed by atoms with E-state index in [0.717, 1.165) is 38.9 Å². The molecular weight excluding hydrogens is 296 g/mol. The minimum Gasteiger partial charge on any atom is -0.480 e. The van der Waals surface area contributed by atoms with Crippen LogP contribution < -0.4 is 9.47 Å². The molecule has 7 nitrogen and oxygen atoms in total. The zero-order valence-corrected chi connectivity index (χ0v) is 13.8. The van der Waals surface area contributed by atoms with E-state index >= 15 is 0 Å². The molecule has 1 aromatic rings. The van der Waals surface area contributed by atoms with Gasteiger partial charge in [0, 0.05) is 19.5 Å². The lowest BCUT2D eigenvalue weighted by molar-refractivity contribution is -0.136. The highest BCUT2D eigenvalue weighted by Gasteiger charge is 2.33. The Hall–Kier alpha value is -1.89. The highest BCUT2D eigenvalue weighted by atomic mass is 16.5. The smallest absolute Gasteiger partial charge is 0.235 e. The topological polar surface area (TPSA) is 67.8 Å². The summed E-state index contributed by atoms with van der Waals surface area (Å²) in [7, 11) is 3.63. The molecule has 2 aliphatic rings. The van der Waals surface area contributed by atoms with Crippen LogP contribution in [-0.2, 0) is 4.79 Å². The summed E-state index contributed by atoms with van der Waals surface area (Å²) in [5.74, 6) is 1.27. The summed E-state index contributed by atoms with van der Waals surface area (Å²) in [5, 5.41) is 0. The molecule has 2 unspecified atom stereocenters. The molecule has 7 heteroatoms. The van der Waals surface area contributed by atoms with E-state index in [1.54, 1.807) is 13.3 Å².